The van der Waals surface area contributed by atoms with E-state index in [4.69, 9.17) is 70.2 Å². The minimum atomic E-state index is -4.67. The van der Waals surface area contributed by atoms with Crippen LogP contribution in [0.4, 0.5) is 11.4 Å². The van der Waals surface area contributed by atoms with Crippen LogP contribution in [0.3, 0.4) is 0 Å². The molecule has 4 aromatic rings. The number of halogens is 4. The molecule has 4 N–H and O–H groups in total. The largest absolute Gasteiger partial charge is 1.00 e. The summed E-state index contributed by atoms with van der Waals surface area (Å²) in [5.41, 5.74) is 11.9. The molecule has 20 nitrogen and oxygen atoms in total. The Morgan fingerprint density at radius 1 is 0.721 bits per heavy atom. The molecule has 4 aliphatic heterocycles. The van der Waals surface area contributed by atoms with Gasteiger partial charge in [-0.2, -0.15) is 8.42 Å². The Morgan fingerprint density at radius 3 is 1.48 bits per heavy atom. The molecule has 4 aliphatic rings. The number of carbonyl (C=O) groups excluding carboxylic acids is 4. The van der Waals surface area contributed by atoms with Crippen LogP contribution in [0.2, 0.25) is 0 Å². The van der Waals surface area contributed by atoms with Crippen molar-refractivity contribution >= 4 is 111 Å². The molecule has 0 atom stereocenters. The van der Waals surface area contributed by atoms with E-state index in [0.717, 1.165) is 21.2 Å². The minimum absolute atomic E-state index is 0. The van der Waals surface area contributed by atoms with Gasteiger partial charge in [0.2, 0.25) is 0 Å². The van der Waals surface area contributed by atoms with Crippen molar-refractivity contribution in [1.82, 2.24) is 0 Å². The Morgan fingerprint density at radius 2 is 1.07 bits per heavy atom. The monoisotopic (exact) mass is 1130 g/mol. The predicted molar refractivity (Wildman–Crippen MR) is 220 cm³/mol. The van der Waals surface area contributed by atoms with Gasteiger partial charge < -0.3 is 34.9 Å². The van der Waals surface area contributed by atoms with Crippen molar-refractivity contribution in [3.63, 3.8) is 0 Å². The zero-order valence-electron chi connectivity index (χ0n) is 29.8. The molecule has 61 heavy (non-hydrogen) atoms. The number of hydrogen-bond donors (Lipinski definition) is 3. The molecular formula is C34H34BrCl3KN3O17SSn. The van der Waals surface area contributed by atoms with Crippen molar-refractivity contribution in [2.75, 3.05) is 5.73 Å². The van der Waals surface area contributed by atoms with Gasteiger partial charge in [0.25, 0.3) is 5.69 Å². The smallest absolute Gasteiger partial charge is 1.00 e. The molecule has 0 aliphatic carbocycles. The predicted octanol–water partition coefficient (Wildman–Crippen LogP) is 3.68. The van der Waals surface area contributed by atoms with E-state index in [9.17, 15) is 29.3 Å². The molecule has 0 saturated carbocycles. The number of carbonyl (C=O) groups is 4. The fourth-order valence-corrected chi connectivity index (χ4v) is 4.86. The van der Waals surface area contributed by atoms with Crippen molar-refractivity contribution in [2.45, 2.75) is 41.3 Å². The third-order valence-corrected chi connectivity index (χ3v) is 7.37. The number of fused-ring (bicyclic) bond motifs is 4. The molecule has 0 saturated heterocycles. The van der Waals surface area contributed by atoms with Crippen LogP contribution in [0.15, 0.2) is 88.7 Å². The number of nitrogen functional groups attached to an aromatic ring is 1. The van der Waals surface area contributed by atoms with Crippen molar-refractivity contribution < 1.29 is 122 Å². The maximum absolute atomic E-state index is 11.0. The van der Waals surface area contributed by atoms with Crippen LogP contribution in [-0.4, -0.2) is 65.2 Å². The number of rotatable bonds is 2. The van der Waals surface area contributed by atoms with Crippen molar-refractivity contribution in [3.05, 3.63) is 143 Å². The number of esters is 4. The van der Waals surface area contributed by atoms with Crippen molar-refractivity contribution in [2.24, 2.45) is 5.34 Å². The number of nitrogens with two attached hydrogens (primary N) is 1. The van der Waals surface area contributed by atoms with E-state index in [-0.39, 0.29) is 109 Å². The molecular weight excluding hydrogens is 1100 g/mol. The van der Waals surface area contributed by atoms with Gasteiger partial charge in [0, 0.05) is 44.5 Å². The molecule has 4 aromatic carbocycles. The molecule has 4 heterocycles. The summed E-state index contributed by atoms with van der Waals surface area (Å²) < 4.78 is 51.6. The van der Waals surface area contributed by atoms with E-state index in [1.165, 1.54) is 17.5 Å². The maximum Gasteiger partial charge on any atom is 1.00 e. The quantitative estimate of drug-likeness (QED) is 0.0297. The van der Waals surface area contributed by atoms with Gasteiger partial charge in [-0.3, -0.25) is 19.2 Å². The summed E-state index contributed by atoms with van der Waals surface area (Å²) in [6.45, 7) is 1.46. The van der Waals surface area contributed by atoms with Gasteiger partial charge >= 0.3 is 122 Å². The number of nitro benzene ring substituents is 1. The first-order valence-electron chi connectivity index (χ1n) is 14.9. The fourth-order valence-electron chi connectivity index (χ4n) is 4.50. The maximum atomic E-state index is 11.0. The van der Waals surface area contributed by atoms with Gasteiger partial charge in [0.05, 0.1) is 27.2 Å². The summed E-state index contributed by atoms with van der Waals surface area (Å²) in [6, 6.07) is 22.4. The molecule has 8 rings (SSSR count). The first-order chi connectivity index (χ1) is 26.9. The fraction of sp³-hybridized carbons (Fsp3) is 0.176. The van der Waals surface area contributed by atoms with Gasteiger partial charge in [-0.1, -0.05) is 61.1 Å². The Hall–Kier alpha value is -3.02. The summed E-state index contributed by atoms with van der Waals surface area (Å²) in [5.74, 6) is -1.18. The van der Waals surface area contributed by atoms with Gasteiger partial charge in [-0.25, -0.2) is 19.2 Å². The molecule has 27 heteroatoms. The van der Waals surface area contributed by atoms with Crippen LogP contribution in [0.5, 0.6) is 0 Å². The average molecular weight is 1130 g/mol. The van der Waals surface area contributed by atoms with E-state index >= 15 is 0 Å². The third-order valence-electron chi connectivity index (χ3n) is 6.87. The zero-order valence-corrected chi connectivity index (χ0v) is 40.5. The van der Waals surface area contributed by atoms with Gasteiger partial charge in [-0.15, -0.1) is 17.3 Å². The SMILES string of the molecule is C.C.Cl.Nc1ccc2c(c1)C(=O)OC2.O=C1OCc2ccc(Br)cc21.O=C1OCc2ccc([N+](=O)[O-])cc21.O=C1OCc2ccccc21.O=NO[O-].O=S(=O)(O)O.[Cl][Sn][Cl].[K+]. The van der Waals surface area contributed by atoms with Gasteiger partial charge in [-0.05, 0) is 36.4 Å². The normalized spacial score (nSPS) is 12.1. The molecule has 2 radical (unpaired) electrons. The van der Waals surface area contributed by atoms with Crippen LogP contribution < -0.4 is 62.4 Å². The number of anilines is 1. The van der Waals surface area contributed by atoms with Crippen molar-refractivity contribution in [1.29, 1.82) is 0 Å². The van der Waals surface area contributed by atoms with Crippen LogP contribution in [0.25, 0.3) is 0 Å². The summed E-state index contributed by atoms with van der Waals surface area (Å²) >= 11 is 2.46. The number of nitro groups is 1. The standard InChI is InChI=1S/C8H5BrO2.C8H5NO4.C8H7NO2.C8H6O2.2CH4.3ClH.K.HNO3.H2O4S.Sn/c9-6-2-1-5-4-11-8(10)7(5)3-6;10-8-7-3-6(9(11)12)2-1-5(7)4-13-8;9-6-2-1-5-4-11-8(10)7(5)3-6;9-8-7-4-2-1-3-6(7)5-10-8;;;;;;;2-1-4-3;1-5(2,3)4;/h1-3H,4H2;1-3H,4H2;1-3H,4,9H2;1-4H,5H2;2*1H4;3*1H;;3H;(H2,1,2,3,4);/q;;;;;;;;;+1;;;+2/p-3. The zero-order chi connectivity index (χ0) is 42.7. The number of nitrogens with zero attached hydrogens (tertiary/aromatic N) is 2. The second kappa shape index (κ2) is 31.8. The number of benzene rings is 4. The van der Waals surface area contributed by atoms with Gasteiger partial charge in [0.1, 0.15) is 31.8 Å². The molecule has 0 fully saturated rings. The first kappa shape index (κ1) is 62.3. The summed E-state index contributed by atoms with van der Waals surface area (Å²) in [6.07, 6.45) is 0. The summed E-state index contributed by atoms with van der Waals surface area (Å²) in [5, 5.41) is 20.1. The number of non-ortho nitro benzene ring substituents is 1. The van der Waals surface area contributed by atoms with E-state index in [1.54, 1.807) is 30.3 Å². The van der Waals surface area contributed by atoms with E-state index in [2.05, 4.69) is 20.9 Å². The van der Waals surface area contributed by atoms with Crippen LogP contribution in [0, 0.1) is 15.0 Å². The summed E-state index contributed by atoms with van der Waals surface area (Å²) in [4.78, 5) is 64.3. The van der Waals surface area contributed by atoms with Gasteiger partial charge in [0.15, 0.2) is 0 Å². The Labute approximate surface area is 423 Å². The van der Waals surface area contributed by atoms with Crippen LogP contribution >= 0.6 is 46.2 Å². The molecule has 0 amide bonds. The molecule has 0 bridgehead atoms. The van der Waals surface area contributed by atoms with Crippen molar-refractivity contribution in [3.8, 4) is 0 Å². The topological polar surface area (TPSA) is 311 Å². The molecule has 0 unspecified atom stereocenters. The number of cyclic esters (lactones) is 4. The van der Waals surface area contributed by atoms with E-state index < -0.39 is 40.2 Å². The molecule has 326 valence electrons. The number of ether oxygens (including phenoxy) is 4. The molecule has 0 aromatic heterocycles. The second-order valence-electron chi connectivity index (χ2n) is 10.4. The summed E-state index contributed by atoms with van der Waals surface area (Å²) in [7, 11) is 5.20. The third kappa shape index (κ3) is 22.2. The van der Waals surface area contributed by atoms with Crippen LogP contribution in [0.1, 0.15) is 78.5 Å². The Bertz CT molecular complexity index is 2160. The van der Waals surface area contributed by atoms with Crippen LogP contribution in [-0.2, 0) is 60.8 Å². The average Bonchev–Trinajstić information content (AvgIpc) is 3.95. The molecule has 0 spiro atoms. The van der Waals surface area contributed by atoms with E-state index in [0.29, 0.717) is 53.3 Å². The first-order valence-corrected chi connectivity index (χ1v) is 24.3. The second-order valence-corrected chi connectivity index (χ2v) is 16.5. The minimum Gasteiger partial charge on any atom is 1.00 e. The number of hydrogen-bond acceptors (Lipinski definition) is 17. The van der Waals surface area contributed by atoms with E-state index in [1.807, 2.05) is 36.4 Å². The Balaban J connectivity index is -0.000000665. The Kier molecular flexibility index (Phi) is 32.4.